The highest BCUT2D eigenvalue weighted by Crippen LogP contribution is 2.11. The number of sulfone groups is 1. The second kappa shape index (κ2) is 4.86. The van der Waals surface area contributed by atoms with Gasteiger partial charge in [0.25, 0.3) is 5.91 Å². The molecule has 8 heteroatoms. The molecule has 7 nitrogen and oxygen atoms in total. The van der Waals surface area contributed by atoms with Crippen molar-refractivity contribution in [3.05, 3.63) is 30.2 Å². The van der Waals surface area contributed by atoms with Crippen LogP contribution in [-0.4, -0.2) is 46.5 Å². The third kappa shape index (κ3) is 3.32. The number of rotatable bonds is 4. The largest absolute Gasteiger partial charge is 0.346 e. The fourth-order valence-electron chi connectivity index (χ4n) is 2.05. The highest BCUT2D eigenvalue weighted by molar-refractivity contribution is 7.90. The van der Waals surface area contributed by atoms with Crippen LogP contribution in [0.1, 0.15) is 24.2 Å². The highest BCUT2D eigenvalue weighted by Gasteiger charge is 2.27. The lowest BCUT2D eigenvalue weighted by molar-refractivity contribution is 0.0922. The molecule has 0 aromatic carbocycles. The van der Waals surface area contributed by atoms with Crippen LogP contribution in [0.5, 0.6) is 0 Å². The molecule has 1 N–H and O–H groups in total. The van der Waals surface area contributed by atoms with Crippen molar-refractivity contribution in [3.63, 3.8) is 0 Å². The Morgan fingerprint density at radius 1 is 1.45 bits per heavy atom. The maximum absolute atomic E-state index is 12.2. The molecule has 0 saturated carbocycles. The summed E-state index contributed by atoms with van der Waals surface area (Å²) in [5.41, 5.74) is -0.124. The Bertz CT molecular complexity index is 749. The molecule has 2 rings (SSSR count). The predicted molar refractivity (Wildman–Crippen MR) is 74.2 cm³/mol. The van der Waals surface area contributed by atoms with Gasteiger partial charge in [0.05, 0.1) is 11.9 Å². The minimum atomic E-state index is -3.19. The molecule has 0 aliphatic rings. The number of hydrogen-bond donors (Lipinski definition) is 1. The quantitative estimate of drug-likeness (QED) is 0.875. The number of fused-ring (bicyclic) bond motifs is 1. The maximum Gasteiger partial charge on any atom is 0.257 e. The van der Waals surface area contributed by atoms with Gasteiger partial charge in [0.15, 0.2) is 5.65 Å². The number of nitrogens with zero attached hydrogens (tertiary/aromatic N) is 3. The molecule has 0 atom stereocenters. The fourth-order valence-corrected chi connectivity index (χ4v) is 3.44. The molecular weight excluding hydrogens is 280 g/mol. The summed E-state index contributed by atoms with van der Waals surface area (Å²) in [6.07, 6.45) is 5.79. The van der Waals surface area contributed by atoms with Gasteiger partial charge < -0.3 is 5.32 Å². The average Bonchev–Trinajstić information content (AvgIpc) is 2.68. The van der Waals surface area contributed by atoms with Crippen molar-refractivity contribution in [2.45, 2.75) is 19.4 Å². The average molecular weight is 296 g/mol. The molecule has 20 heavy (non-hydrogen) atoms. The number of nitrogens with one attached hydrogen (secondary N) is 1. The summed E-state index contributed by atoms with van der Waals surface area (Å²) in [6, 6.07) is 1.70. The van der Waals surface area contributed by atoms with Crippen molar-refractivity contribution in [2.75, 3.05) is 12.0 Å². The first-order chi connectivity index (χ1) is 9.18. The van der Waals surface area contributed by atoms with Gasteiger partial charge in [-0.25, -0.2) is 17.9 Å². The number of hydrogen-bond acceptors (Lipinski definition) is 5. The summed E-state index contributed by atoms with van der Waals surface area (Å²) >= 11 is 0. The molecule has 0 spiro atoms. The van der Waals surface area contributed by atoms with Crippen LogP contribution in [0.15, 0.2) is 24.7 Å². The van der Waals surface area contributed by atoms with Crippen molar-refractivity contribution < 1.29 is 13.2 Å². The summed E-state index contributed by atoms with van der Waals surface area (Å²) in [5, 5.41) is 6.72. The zero-order valence-corrected chi connectivity index (χ0v) is 12.3. The topological polar surface area (TPSA) is 93.4 Å². The van der Waals surface area contributed by atoms with E-state index in [0.717, 1.165) is 6.26 Å². The molecule has 2 aromatic heterocycles. The lowest BCUT2D eigenvalue weighted by Crippen LogP contribution is -2.48. The van der Waals surface area contributed by atoms with Gasteiger partial charge in [-0.3, -0.25) is 4.79 Å². The molecule has 0 aliphatic heterocycles. The van der Waals surface area contributed by atoms with E-state index in [1.165, 1.54) is 10.7 Å². The smallest absolute Gasteiger partial charge is 0.257 e. The SMILES string of the molecule is CC(C)(CS(C)(=O)=O)NC(=O)c1cnn2cccnc12. The van der Waals surface area contributed by atoms with E-state index in [4.69, 9.17) is 0 Å². The minimum Gasteiger partial charge on any atom is -0.346 e. The molecule has 0 aliphatic carbocycles. The lowest BCUT2D eigenvalue weighted by Gasteiger charge is -2.24. The van der Waals surface area contributed by atoms with Gasteiger partial charge in [0.2, 0.25) is 0 Å². The van der Waals surface area contributed by atoms with Crippen LogP contribution in [-0.2, 0) is 9.84 Å². The first-order valence-corrected chi connectivity index (χ1v) is 8.03. The Balaban J connectivity index is 2.24. The molecule has 0 bridgehead atoms. The lowest BCUT2D eigenvalue weighted by atomic mass is 10.1. The Hall–Kier alpha value is -1.96. The van der Waals surface area contributed by atoms with Gasteiger partial charge in [0, 0.05) is 24.2 Å². The molecule has 0 fully saturated rings. The summed E-state index contributed by atoms with van der Waals surface area (Å²) in [4.78, 5) is 16.3. The highest BCUT2D eigenvalue weighted by atomic mass is 32.2. The molecule has 0 radical (unpaired) electrons. The van der Waals surface area contributed by atoms with Gasteiger partial charge in [-0.1, -0.05) is 0 Å². The molecule has 2 aromatic rings. The van der Waals surface area contributed by atoms with E-state index < -0.39 is 21.3 Å². The van der Waals surface area contributed by atoms with E-state index in [1.807, 2.05) is 0 Å². The van der Waals surface area contributed by atoms with Crippen LogP contribution < -0.4 is 5.32 Å². The molecule has 108 valence electrons. The first-order valence-electron chi connectivity index (χ1n) is 5.97. The molecular formula is C12H16N4O3S. The van der Waals surface area contributed by atoms with E-state index in [1.54, 1.807) is 32.3 Å². The third-order valence-electron chi connectivity index (χ3n) is 2.60. The van der Waals surface area contributed by atoms with Crippen molar-refractivity contribution in [1.29, 1.82) is 0 Å². The van der Waals surface area contributed by atoms with Crippen LogP contribution in [0.2, 0.25) is 0 Å². The monoisotopic (exact) mass is 296 g/mol. The normalized spacial score (nSPS) is 12.6. The number of carbonyl (C=O) groups is 1. The number of aromatic nitrogens is 3. The van der Waals surface area contributed by atoms with Gasteiger partial charge in [-0.15, -0.1) is 0 Å². The Labute approximate surface area is 116 Å². The second-order valence-corrected chi connectivity index (χ2v) is 7.49. The Morgan fingerprint density at radius 3 is 2.80 bits per heavy atom. The Morgan fingerprint density at radius 2 is 2.15 bits per heavy atom. The van der Waals surface area contributed by atoms with E-state index in [0.29, 0.717) is 11.2 Å². The third-order valence-corrected chi connectivity index (χ3v) is 3.84. The van der Waals surface area contributed by atoms with Crippen molar-refractivity contribution in [3.8, 4) is 0 Å². The summed E-state index contributed by atoms with van der Waals surface area (Å²) in [6.45, 7) is 3.32. The van der Waals surface area contributed by atoms with Crippen molar-refractivity contribution in [1.82, 2.24) is 19.9 Å². The van der Waals surface area contributed by atoms with E-state index in [-0.39, 0.29) is 5.75 Å². The van der Waals surface area contributed by atoms with Crippen LogP contribution in [0.25, 0.3) is 5.65 Å². The predicted octanol–water partition coefficient (Wildman–Crippen LogP) is 0.282. The second-order valence-electron chi connectivity index (χ2n) is 5.35. The van der Waals surface area contributed by atoms with E-state index in [9.17, 15) is 13.2 Å². The maximum atomic E-state index is 12.2. The molecule has 0 unspecified atom stereocenters. The van der Waals surface area contributed by atoms with Gasteiger partial charge in [0.1, 0.15) is 15.4 Å². The molecule has 0 saturated heterocycles. The van der Waals surface area contributed by atoms with Crippen LogP contribution >= 0.6 is 0 Å². The first kappa shape index (κ1) is 14.4. The zero-order valence-electron chi connectivity index (χ0n) is 11.5. The molecule has 2 heterocycles. The zero-order chi connectivity index (χ0) is 15.0. The van der Waals surface area contributed by atoms with E-state index >= 15 is 0 Å². The minimum absolute atomic E-state index is 0.140. The van der Waals surface area contributed by atoms with Crippen LogP contribution in [0.4, 0.5) is 0 Å². The number of carbonyl (C=O) groups excluding carboxylic acids is 1. The fraction of sp³-hybridized carbons (Fsp3) is 0.417. The molecule has 1 amide bonds. The van der Waals surface area contributed by atoms with Crippen molar-refractivity contribution >= 4 is 21.4 Å². The van der Waals surface area contributed by atoms with Crippen LogP contribution in [0, 0.1) is 0 Å². The van der Waals surface area contributed by atoms with Crippen molar-refractivity contribution in [2.24, 2.45) is 0 Å². The van der Waals surface area contributed by atoms with Crippen LogP contribution in [0.3, 0.4) is 0 Å². The van der Waals surface area contributed by atoms with Gasteiger partial charge >= 0.3 is 0 Å². The summed E-state index contributed by atoms with van der Waals surface area (Å²) in [7, 11) is -3.19. The Kier molecular flexibility index (Phi) is 3.51. The van der Waals surface area contributed by atoms with E-state index in [2.05, 4.69) is 15.4 Å². The standard InChI is InChI=1S/C12H16N4O3S/c1-12(2,8-20(3,18)19)15-11(17)9-7-14-16-6-4-5-13-10(9)16/h4-7H,8H2,1-3H3,(H,15,17). The van der Waals surface area contributed by atoms with Gasteiger partial charge in [-0.05, 0) is 19.9 Å². The summed E-state index contributed by atoms with van der Waals surface area (Å²) < 4.78 is 24.2. The van der Waals surface area contributed by atoms with Gasteiger partial charge in [-0.2, -0.15) is 5.10 Å². The number of amides is 1. The summed E-state index contributed by atoms with van der Waals surface area (Å²) in [5.74, 6) is -0.536.